The van der Waals surface area contributed by atoms with Gasteiger partial charge in [0.15, 0.2) is 5.78 Å². The van der Waals surface area contributed by atoms with Crippen molar-refractivity contribution in [3.05, 3.63) is 11.8 Å². The highest BCUT2D eigenvalue weighted by Gasteiger charge is 2.57. The first-order valence-corrected chi connectivity index (χ1v) is 9.19. The largest absolute Gasteiger partial charge is 0.455 e. The van der Waals surface area contributed by atoms with Gasteiger partial charge >= 0.3 is 12.1 Å². The van der Waals surface area contributed by atoms with Crippen LogP contribution in [0, 0.1) is 11.3 Å². The molecule has 0 aromatic rings. The fraction of sp³-hybridized carbons (Fsp3) is 0.722. The van der Waals surface area contributed by atoms with E-state index < -0.39 is 47.4 Å². The summed E-state index contributed by atoms with van der Waals surface area (Å²) in [4.78, 5) is 38.1. The van der Waals surface area contributed by atoms with E-state index in [1.165, 1.54) is 16.3 Å². The SMILES string of the molecule is CC(C(=O)NCC(F)(F)C(F)(F)F)C(=O)N1CCOC2(C=C(N)C(=O)C(C)(C)C2)C1. The van der Waals surface area contributed by atoms with Gasteiger partial charge in [0.2, 0.25) is 11.8 Å². The van der Waals surface area contributed by atoms with E-state index in [4.69, 9.17) is 10.5 Å². The Bertz CT molecular complexity index is 765. The topological polar surface area (TPSA) is 102 Å². The molecular formula is C18H24F5N3O4. The van der Waals surface area contributed by atoms with Crippen molar-refractivity contribution in [2.75, 3.05) is 26.2 Å². The van der Waals surface area contributed by atoms with E-state index >= 15 is 0 Å². The van der Waals surface area contributed by atoms with Gasteiger partial charge in [0.1, 0.15) is 11.5 Å². The summed E-state index contributed by atoms with van der Waals surface area (Å²) in [5.41, 5.74) is 3.88. The minimum Gasteiger partial charge on any atom is -0.396 e. The molecule has 0 saturated carbocycles. The molecule has 0 bridgehead atoms. The molecule has 0 aromatic carbocycles. The number of alkyl halides is 5. The van der Waals surface area contributed by atoms with Crippen molar-refractivity contribution in [2.24, 2.45) is 17.1 Å². The number of rotatable bonds is 4. The van der Waals surface area contributed by atoms with Crippen molar-refractivity contribution in [1.29, 1.82) is 0 Å². The number of ether oxygens (including phenoxy) is 1. The van der Waals surface area contributed by atoms with Crippen molar-refractivity contribution in [2.45, 2.75) is 44.9 Å². The molecule has 1 aliphatic carbocycles. The summed E-state index contributed by atoms with van der Waals surface area (Å²) in [7, 11) is 0. The maximum Gasteiger partial charge on any atom is 0.455 e. The molecule has 30 heavy (non-hydrogen) atoms. The molecule has 2 amide bonds. The van der Waals surface area contributed by atoms with Gasteiger partial charge in [-0.05, 0) is 19.4 Å². The predicted octanol–water partition coefficient (Wildman–Crippen LogP) is 1.38. The number of halogens is 5. The van der Waals surface area contributed by atoms with Crippen LogP contribution in [0.2, 0.25) is 0 Å². The molecule has 2 atom stereocenters. The maximum atomic E-state index is 13.0. The zero-order chi connectivity index (χ0) is 23.1. The molecule has 1 spiro atoms. The molecule has 3 N–H and O–H groups in total. The smallest absolute Gasteiger partial charge is 0.396 e. The zero-order valence-electron chi connectivity index (χ0n) is 16.7. The highest BCUT2D eigenvalue weighted by atomic mass is 19.4. The van der Waals surface area contributed by atoms with E-state index in [9.17, 15) is 36.3 Å². The number of nitrogens with zero attached hydrogens (tertiary/aromatic N) is 1. The zero-order valence-corrected chi connectivity index (χ0v) is 16.7. The first-order chi connectivity index (χ1) is 13.5. The fourth-order valence-corrected chi connectivity index (χ4v) is 3.65. The average molecular weight is 441 g/mol. The Morgan fingerprint density at radius 1 is 1.30 bits per heavy atom. The summed E-state index contributed by atoms with van der Waals surface area (Å²) >= 11 is 0. The number of carbonyl (C=O) groups is 3. The molecule has 7 nitrogen and oxygen atoms in total. The molecule has 2 rings (SSSR count). The minimum absolute atomic E-state index is 0.0132. The van der Waals surface area contributed by atoms with Crippen LogP contribution in [0.3, 0.4) is 0 Å². The second-order valence-electron chi connectivity index (χ2n) is 8.30. The summed E-state index contributed by atoms with van der Waals surface area (Å²) in [6.45, 7) is 2.62. The third-order valence-electron chi connectivity index (χ3n) is 5.22. The van der Waals surface area contributed by atoms with Gasteiger partial charge in [0, 0.05) is 12.0 Å². The number of morpholine rings is 1. The van der Waals surface area contributed by atoms with Crippen LogP contribution in [0.25, 0.3) is 0 Å². The number of Topliss-reactive ketones (excluding diaryl/α,β-unsaturated/α-hetero) is 1. The van der Waals surface area contributed by atoms with Crippen LogP contribution in [0.15, 0.2) is 11.8 Å². The van der Waals surface area contributed by atoms with Crippen LogP contribution < -0.4 is 11.1 Å². The van der Waals surface area contributed by atoms with Crippen molar-refractivity contribution >= 4 is 17.6 Å². The Labute approximate surface area is 169 Å². The maximum absolute atomic E-state index is 13.0. The van der Waals surface area contributed by atoms with E-state index in [0.717, 1.165) is 6.92 Å². The van der Waals surface area contributed by atoms with Crippen molar-refractivity contribution in [1.82, 2.24) is 10.2 Å². The van der Waals surface area contributed by atoms with Crippen LogP contribution >= 0.6 is 0 Å². The highest BCUT2D eigenvalue weighted by Crippen LogP contribution is 2.40. The number of carbonyl (C=O) groups excluding carboxylic acids is 3. The van der Waals surface area contributed by atoms with E-state index in [0.29, 0.717) is 0 Å². The lowest BCUT2D eigenvalue weighted by molar-refractivity contribution is -0.278. The van der Waals surface area contributed by atoms with Crippen LogP contribution in [0.1, 0.15) is 27.2 Å². The number of allylic oxidation sites excluding steroid dienone is 1. The first kappa shape index (κ1) is 24.0. The molecule has 2 aliphatic rings. The van der Waals surface area contributed by atoms with E-state index in [2.05, 4.69) is 0 Å². The summed E-state index contributed by atoms with van der Waals surface area (Å²) < 4.78 is 68.5. The van der Waals surface area contributed by atoms with Crippen molar-refractivity contribution < 1.29 is 41.1 Å². The molecule has 1 heterocycles. The average Bonchev–Trinajstić information content (AvgIpc) is 2.61. The molecule has 0 aromatic heterocycles. The molecular weight excluding hydrogens is 417 g/mol. The number of nitrogens with two attached hydrogens (primary N) is 1. The van der Waals surface area contributed by atoms with Crippen molar-refractivity contribution in [3.63, 3.8) is 0 Å². The quantitative estimate of drug-likeness (QED) is 0.507. The normalized spacial score (nSPS) is 25.7. The minimum atomic E-state index is -5.82. The first-order valence-electron chi connectivity index (χ1n) is 9.19. The summed E-state index contributed by atoms with van der Waals surface area (Å²) in [6, 6.07) is 0. The van der Waals surface area contributed by atoms with Crippen LogP contribution in [-0.4, -0.2) is 66.4 Å². The lowest BCUT2D eigenvalue weighted by Crippen LogP contribution is -2.59. The Hall–Kier alpha value is -2.24. The number of amides is 2. The summed E-state index contributed by atoms with van der Waals surface area (Å²) in [5.74, 6) is -8.88. The van der Waals surface area contributed by atoms with Crippen LogP contribution in [-0.2, 0) is 19.1 Å². The van der Waals surface area contributed by atoms with Crippen molar-refractivity contribution in [3.8, 4) is 0 Å². The van der Waals surface area contributed by atoms with Crippen LogP contribution in [0.5, 0.6) is 0 Å². The van der Waals surface area contributed by atoms with Gasteiger partial charge < -0.3 is 20.7 Å². The number of nitrogens with one attached hydrogen (secondary N) is 1. The molecule has 1 fully saturated rings. The summed E-state index contributed by atoms with van der Waals surface area (Å²) in [6.07, 6.45) is -4.17. The Morgan fingerprint density at radius 2 is 1.90 bits per heavy atom. The lowest BCUT2D eigenvalue weighted by atomic mass is 9.71. The van der Waals surface area contributed by atoms with E-state index in [-0.39, 0.29) is 37.6 Å². The molecule has 0 radical (unpaired) electrons. The second kappa shape index (κ2) is 7.78. The van der Waals surface area contributed by atoms with Gasteiger partial charge in [-0.2, -0.15) is 22.0 Å². The highest BCUT2D eigenvalue weighted by molar-refractivity contribution is 6.01. The fourth-order valence-electron chi connectivity index (χ4n) is 3.65. The monoisotopic (exact) mass is 441 g/mol. The summed E-state index contributed by atoms with van der Waals surface area (Å²) in [5, 5.41) is 1.48. The standard InChI is InChI=1S/C18H24F5N3O4/c1-10(13(28)25-8-17(19,20)18(21,22)23)14(29)26-4-5-30-16(9-26)6-11(24)12(27)15(2,3)7-16/h6,10H,4-5,7-9,24H2,1-3H3,(H,25,28). The van der Waals surface area contributed by atoms with Gasteiger partial charge in [-0.25, -0.2) is 0 Å². The molecule has 170 valence electrons. The predicted molar refractivity (Wildman–Crippen MR) is 94.1 cm³/mol. The van der Waals surface area contributed by atoms with Gasteiger partial charge in [-0.15, -0.1) is 0 Å². The number of ketones is 1. The van der Waals surface area contributed by atoms with Gasteiger partial charge in [-0.1, -0.05) is 13.8 Å². The third-order valence-corrected chi connectivity index (χ3v) is 5.22. The Kier molecular flexibility index (Phi) is 6.24. The molecule has 1 saturated heterocycles. The van der Waals surface area contributed by atoms with Gasteiger partial charge in [0.05, 0.1) is 25.4 Å². The number of hydrogen-bond acceptors (Lipinski definition) is 5. The van der Waals surface area contributed by atoms with Crippen LogP contribution in [0.4, 0.5) is 22.0 Å². The Balaban J connectivity index is 2.08. The molecule has 2 unspecified atom stereocenters. The lowest BCUT2D eigenvalue weighted by Gasteiger charge is -2.47. The second-order valence-corrected chi connectivity index (χ2v) is 8.30. The van der Waals surface area contributed by atoms with Gasteiger partial charge in [-0.3, -0.25) is 14.4 Å². The number of hydrogen-bond donors (Lipinski definition) is 2. The van der Waals surface area contributed by atoms with E-state index in [1.807, 2.05) is 0 Å². The third kappa shape index (κ3) is 4.73. The van der Waals surface area contributed by atoms with E-state index in [1.54, 1.807) is 13.8 Å². The Morgan fingerprint density at radius 3 is 2.43 bits per heavy atom. The molecule has 1 aliphatic heterocycles. The molecule has 12 heteroatoms. The van der Waals surface area contributed by atoms with Gasteiger partial charge in [0.25, 0.3) is 0 Å².